The second kappa shape index (κ2) is 7.22. The molecule has 0 bridgehead atoms. The summed E-state index contributed by atoms with van der Waals surface area (Å²) in [4.78, 5) is 11.0. The maximum absolute atomic E-state index is 4.36. The Hall–Kier alpha value is -0.160. The van der Waals surface area contributed by atoms with E-state index in [1.165, 1.54) is 0 Å². The fourth-order valence-corrected chi connectivity index (χ4v) is 2.31. The predicted octanol–water partition coefficient (Wildman–Crippen LogP) is 3.63. The second-order valence-electron chi connectivity index (χ2n) is 3.55. The number of halogens is 2. The summed E-state index contributed by atoms with van der Waals surface area (Å²) >= 11 is 6.83. The Bertz CT molecular complexity index is 299. The lowest BCUT2D eigenvalue weighted by Gasteiger charge is -2.29. The highest BCUT2D eigenvalue weighted by Gasteiger charge is 2.17. The van der Waals surface area contributed by atoms with Crippen molar-refractivity contribution in [2.45, 2.75) is 32.7 Å². The summed E-state index contributed by atoms with van der Waals surface area (Å²) < 4.78 is 0.916. The van der Waals surface area contributed by atoms with Gasteiger partial charge in [0.1, 0.15) is 0 Å². The van der Waals surface area contributed by atoms with E-state index < -0.39 is 0 Å². The van der Waals surface area contributed by atoms with E-state index >= 15 is 0 Å². The van der Waals surface area contributed by atoms with E-state index in [0.29, 0.717) is 6.04 Å². The van der Waals surface area contributed by atoms with Crippen LogP contribution in [0.5, 0.6) is 0 Å². The Morgan fingerprint density at radius 3 is 2.25 bits per heavy atom. The minimum absolute atomic E-state index is 0.513. The highest BCUT2D eigenvalue weighted by Crippen LogP contribution is 2.17. The third kappa shape index (κ3) is 3.70. The van der Waals surface area contributed by atoms with Gasteiger partial charge in [-0.25, -0.2) is 9.97 Å². The average molecular weight is 351 g/mol. The molecule has 1 heterocycles. The topological polar surface area (TPSA) is 29.0 Å². The SMILES string of the molecule is CCC(CC)N(CCBr)c1ncc(Br)cn1. The summed E-state index contributed by atoms with van der Waals surface area (Å²) in [5.74, 6) is 0.816. The smallest absolute Gasteiger partial charge is 0.225 e. The lowest BCUT2D eigenvalue weighted by atomic mass is 10.1. The van der Waals surface area contributed by atoms with E-state index in [1.54, 1.807) is 12.4 Å². The van der Waals surface area contributed by atoms with Gasteiger partial charge in [0, 0.05) is 30.3 Å². The quantitative estimate of drug-likeness (QED) is 0.733. The van der Waals surface area contributed by atoms with Crippen LogP contribution < -0.4 is 4.90 Å². The molecular weight excluding hydrogens is 334 g/mol. The van der Waals surface area contributed by atoms with Crippen LogP contribution in [0, 0.1) is 0 Å². The molecule has 0 saturated heterocycles. The van der Waals surface area contributed by atoms with Crippen LogP contribution in [-0.4, -0.2) is 27.9 Å². The van der Waals surface area contributed by atoms with Gasteiger partial charge in [0.2, 0.25) is 5.95 Å². The minimum Gasteiger partial charge on any atom is -0.337 e. The molecule has 3 nitrogen and oxygen atoms in total. The van der Waals surface area contributed by atoms with E-state index in [4.69, 9.17) is 0 Å². The number of rotatable bonds is 6. The first-order valence-corrected chi connectivity index (χ1v) is 7.44. The Morgan fingerprint density at radius 2 is 1.81 bits per heavy atom. The van der Waals surface area contributed by atoms with Gasteiger partial charge in [0.25, 0.3) is 0 Å². The van der Waals surface area contributed by atoms with Crippen LogP contribution in [0.25, 0.3) is 0 Å². The van der Waals surface area contributed by atoms with Gasteiger partial charge in [-0.2, -0.15) is 0 Å². The fraction of sp³-hybridized carbons (Fsp3) is 0.636. The van der Waals surface area contributed by atoms with E-state index in [9.17, 15) is 0 Å². The molecule has 1 rings (SSSR count). The molecule has 5 heteroatoms. The minimum atomic E-state index is 0.513. The number of nitrogens with zero attached hydrogens (tertiary/aromatic N) is 3. The van der Waals surface area contributed by atoms with Gasteiger partial charge < -0.3 is 4.90 Å². The van der Waals surface area contributed by atoms with E-state index in [-0.39, 0.29) is 0 Å². The van der Waals surface area contributed by atoms with Crippen molar-refractivity contribution in [2.75, 3.05) is 16.8 Å². The van der Waals surface area contributed by atoms with Crippen LogP contribution in [0.2, 0.25) is 0 Å². The molecule has 0 amide bonds. The van der Waals surface area contributed by atoms with Gasteiger partial charge in [-0.1, -0.05) is 29.8 Å². The number of aromatic nitrogens is 2. The molecule has 16 heavy (non-hydrogen) atoms. The molecule has 0 atom stereocenters. The summed E-state index contributed by atoms with van der Waals surface area (Å²) in [5, 5.41) is 0.933. The number of hydrogen-bond acceptors (Lipinski definition) is 3. The Labute approximate surface area is 114 Å². The van der Waals surface area contributed by atoms with Crippen molar-refractivity contribution in [3.63, 3.8) is 0 Å². The number of anilines is 1. The van der Waals surface area contributed by atoms with Crippen LogP contribution in [-0.2, 0) is 0 Å². The third-order valence-electron chi connectivity index (χ3n) is 2.57. The van der Waals surface area contributed by atoms with Crippen molar-refractivity contribution < 1.29 is 0 Å². The Morgan fingerprint density at radius 1 is 1.25 bits per heavy atom. The van der Waals surface area contributed by atoms with Crippen LogP contribution in [0.1, 0.15) is 26.7 Å². The van der Waals surface area contributed by atoms with Crippen molar-refractivity contribution in [2.24, 2.45) is 0 Å². The van der Waals surface area contributed by atoms with Crippen molar-refractivity contribution in [1.29, 1.82) is 0 Å². The first-order chi connectivity index (χ1) is 7.72. The van der Waals surface area contributed by atoms with E-state index in [2.05, 4.69) is 60.6 Å². The molecule has 0 unspecified atom stereocenters. The highest BCUT2D eigenvalue weighted by molar-refractivity contribution is 9.10. The van der Waals surface area contributed by atoms with Gasteiger partial charge in [-0.15, -0.1) is 0 Å². The molecule has 0 aliphatic heterocycles. The molecule has 1 aromatic rings. The van der Waals surface area contributed by atoms with Gasteiger partial charge in [-0.05, 0) is 28.8 Å². The first kappa shape index (κ1) is 13.9. The molecule has 1 aromatic heterocycles. The second-order valence-corrected chi connectivity index (χ2v) is 5.26. The van der Waals surface area contributed by atoms with Gasteiger partial charge in [-0.3, -0.25) is 0 Å². The van der Waals surface area contributed by atoms with Crippen molar-refractivity contribution in [3.05, 3.63) is 16.9 Å². The van der Waals surface area contributed by atoms with Crippen molar-refractivity contribution >= 4 is 37.8 Å². The summed E-state index contributed by atoms with van der Waals surface area (Å²) in [6.07, 6.45) is 5.82. The standard InChI is InChI=1S/C11H17Br2N3/c1-3-10(4-2)16(6-5-12)11-14-7-9(13)8-15-11/h7-8,10H,3-6H2,1-2H3. The molecule has 0 N–H and O–H groups in total. The lowest BCUT2D eigenvalue weighted by molar-refractivity contribution is 0.557. The zero-order valence-corrected chi connectivity index (χ0v) is 12.8. The Kier molecular flexibility index (Phi) is 6.28. The molecule has 90 valence electrons. The molecule has 0 aliphatic rings. The number of alkyl halides is 1. The highest BCUT2D eigenvalue weighted by atomic mass is 79.9. The Balaban J connectivity index is 2.87. The summed E-state index contributed by atoms with van der Waals surface area (Å²) in [6, 6.07) is 0.513. The summed E-state index contributed by atoms with van der Waals surface area (Å²) in [6.45, 7) is 5.34. The van der Waals surface area contributed by atoms with E-state index in [0.717, 1.165) is 35.1 Å². The van der Waals surface area contributed by atoms with Gasteiger partial charge in [0.05, 0.1) is 4.47 Å². The maximum Gasteiger partial charge on any atom is 0.225 e. The zero-order chi connectivity index (χ0) is 12.0. The van der Waals surface area contributed by atoms with Gasteiger partial charge >= 0.3 is 0 Å². The predicted molar refractivity (Wildman–Crippen MR) is 75.2 cm³/mol. The first-order valence-electron chi connectivity index (χ1n) is 5.53. The zero-order valence-electron chi connectivity index (χ0n) is 9.66. The molecule has 0 fully saturated rings. The van der Waals surface area contributed by atoms with Crippen LogP contribution in [0.4, 0.5) is 5.95 Å². The van der Waals surface area contributed by atoms with Crippen molar-refractivity contribution in [3.8, 4) is 0 Å². The largest absolute Gasteiger partial charge is 0.337 e. The number of hydrogen-bond donors (Lipinski definition) is 0. The van der Waals surface area contributed by atoms with Crippen LogP contribution >= 0.6 is 31.9 Å². The van der Waals surface area contributed by atoms with Crippen molar-refractivity contribution in [1.82, 2.24) is 9.97 Å². The molecule has 0 aliphatic carbocycles. The maximum atomic E-state index is 4.36. The molecule has 0 spiro atoms. The van der Waals surface area contributed by atoms with Gasteiger partial charge in [0.15, 0.2) is 0 Å². The monoisotopic (exact) mass is 349 g/mol. The molecule has 0 aromatic carbocycles. The summed E-state index contributed by atoms with van der Waals surface area (Å²) in [5.41, 5.74) is 0. The molecule has 0 saturated carbocycles. The van der Waals surface area contributed by atoms with Crippen LogP contribution in [0.15, 0.2) is 16.9 Å². The fourth-order valence-electron chi connectivity index (χ4n) is 1.72. The summed E-state index contributed by atoms with van der Waals surface area (Å²) in [7, 11) is 0. The molecular formula is C11H17Br2N3. The molecule has 0 radical (unpaired) electrons. The van der Waals surface area contributed by atoms with E-state index in [1.807, 2.05) is 0 Å². The average Bonchev–Trinajstić information content (AvgIpc) is 2.31. The third-order valence-corrected chi connectivity index (χ3v) is 3.34. The van der Waals surface area contributed by atoms with Crippen LogP contribution in [0.3, 0.4) is 0 Å². The lowest BCUT2D eigenvalue weighted by Crippen LogP contribution is -2.37. The normalized spacial score (nSPS) is 10.8.